The molecule has 1 N–H and O–H groups in total. The lowest BCUT2D eigenvalue weighted by molar-refractivity contribution is 0.360. The largest absolute Gasteiger partial charge is 0.302 e. The lowest BCUT2D eigenvalue weighted by atomic mass is 10.1. The standard InChI is InChI=1S/C8H10N2/c1-2-7-10(9-6-1)8-4-3-5-8/h1-2,4,6-7,9H,3,5H2. The average molecular weight is 134 g/mol. The van der Waals surface area contributed by atoms with Gasteiger partial charge in [-0.25, -0.2) is 0 Å². The first-order valence-electron chi connectivity index (χ1n) is 3.54. The zero-order valence-corrected chi connectivity index (χ0v) is 5.75. The van der Waals surface area contributed by atoms with Crippen molar-refractivity contribution in [3.63, 3.8) is 0 Å². The molecule has 0 saturated carbocycles. The van der Waals surface area contributed by atoms with Crippen LogP contribution in [-0.2, 0) is 0 Å². The number of hydrazine groups is 1. The van der Waals surface area contributed by atoms with E-state index >= 15 is 0 Å². The molecule has 2 heteroatoms. The summed E-state index contributed by atoms with van der Waals surface area (Å²) < 4.78 is 0. The van der Waals surface area contributed by atoms with Crippen LogP contribution in [0.1, 0.15) is 12.8 Å². The molecule has 0 amide bonds. The van der Waals surface area contributed by atoms with Gasteiger partial charge in [0, 0.05) is 18.1 Å². The van der Waals surface area contributed by atoms with Crippen molar-refractivity contribution in [2.45, 2.75) is 12.8 Å². The highest BCUT2D eigenvalue weighted by molar-refractivity contribution is 5.17. The van der Waals surface area contributed by atoms with E-state index in [-0.39, 0.29) is 0 Å². The summed E-state index contributed by atoms with van der Waals surface area (Å²) in [5.41, 5.74) is 4.49. The quantitative estimate of drug-likeness (QED) is 0.584. The molecule has 1 aliphatic carbocycles. The molecule has 2 nitrogen and oxygen atoms in total. The van der Waals surface area contributed by atoms with Crippen molar-refractivity contribution in [3.05, 3.63) is 36.3 Å². The summed E-state index contributed by atoms with van der Waals surface area (Å²) in [7, 11) is 0. The van der Waals surface area contributed by atoms with Gasteiger partial charge >= 0.3 is 0 Å². The van der Waals surface area contributed by atoms with Gasteiger partial charge in [-0.1, -0.05) is 6.08 Å². The van der Waals surface area contributed by atoms with Crippen LogP contribution < -0.4 is 5.43 Å². The number of allylic oxidation sites excluding steroid dienone is 4. The van der Waals surface area contributed by atoms with Gasteiger partial charge in [-0.2, -0.15) is 0 Å². The summed E-state index contributed by atoms with van der Waals surface area (Å²) in [6, 6.07) is 0. The third-order valence-corrected chi connectivity index (χ3v) is 1.75. The highest BCUT2D eigenvalue weighted by Crippen LogP contribution is 2.21. The summed E-state index contributed by atoms with van der Waals surface area (Å²) in [5, 5.41) is 2.05. The SMILES string of the molecule is C1=CNN(C2=CCC2)C=C1. The van der Waals surface area contributed by atoms with Crippen molar-refractivity contribution in [2.75, 3.05) is 0 Å². The Hall–Kier alpha value is -1.18. The normalized spacial score (nSPS) is 21.6. The first-order valence-corrected chi connectivity index (χ1v) is 3.54. The van der Waals surface area contributed by atoms with Gasteiger partial charge in [-0.3, -0.25) is 5.01 Å². The van der Waals surface area contributed by atoms with Crippen molar-refractivity contribution in [2.24, 2.45) is 0 Å². The topological polar surface area (TPSA) is 15.3 Å². The van der Waals surface area contributed by atoms with Crippen LogP contribution in [-0.4, -0.2) is 5.01 Å². The van der Waals surface area contributed by atoms with Gasteiger partial charge in [-0.05, 0) is 25.0 Å². The molecule has 2 aliphatic rings. The fourth-order valence-electron chi connectivity index (χ4n) is 1.03. The lowest BCUT2D eigenvalue weighted by Crippen LogP contribution is -2.31. The molecule has 0 saturated heterocycles. The Morgan fingerprint density at radius 2 is 2.30 bits per heavy atom. The zero-order chi connectivity index (χ0) is 6.81. The molecule has 0 aromatic rings. The summed E-state index contributed by atoms with van der Waals surface area (Å²) in [6.07, 6.45) is 12.6. The second-order valence-corrected chi connectivity index (χ2v) is 2.43. The Morgan fingerprint density at radius 1 is 1.40 bits per heavy atom. The van der Waals surface area contributed by atoms with Crippen LogP contribution >= 0.6 is 0 Å². The van der Waals surface area contributed by atoms with Crippen LogP contribution in [0, 0.1) is 0 Å². The van der Waals surface area contributed by atoms with E-state index < -0.39 is 0 Å². The minimum absolute atomic E-state index is 1.20. The van der Waals surface area contributed by atoms with E-state index in [1.165, 1.54) is 18.5 Å². The zero-order valence-electron chi connectivity index (χ0n) is 5.75. The van der Waals surface area contributed by atoms with E-state index in [9.17, 15) is 0 Å². The minimum atomic E-state index is 1.20. The molecule has 0 radical (unpaired) electrons. The Morgan fingerprint density at radius 3 is 2.80 bits per heavy atom. The first-order chi connectivity index (χ1) is 4.97. The molecule has 0 aromatic heterocycles. The number of rotatable bonds is 1. The maximum absolute atomic E-state index is 3.12. The van der Waals surface area contributed by atoms with Crippen LogP contribution in [0.25, 0.3) is 0 Å². The van der Waals surface area contributed by atoms with Gasteiger partial charge in [-0.15, -0.1) is 0 Å². The van der Waals surface area contributed by atoms with E-state index in [4.69, 9.17) is 0 Å². The van der Waals surface area contributed by atoms with Gasteiger partial charge in [0.15, 0.2) is 0 Å². The molecule has 1 heterocycles. The number of hydrogen-bond acceptors (Lipinski definition) is 2. The molecule has 0 fully saturated rings. The summed E-state index contributed by atoms with van der Waals surface area (Å²) >= 11 is 0. The molecule has 10 heavy (non-hydrogen) atoms. The second kappa shape index (κ2) is 2.21. The van der Waals surface area contributed by atoms with Gasteiger partial charge in [0.1, 0.15) is 0 Å². The van der Waals surface area contributed by atoms with E-state index in [1.807, 2.05) is 29.6 Å². The lowest BCUT2D eigenvalue weighted by Gasteiger charge is -2.28. The van der Waals surface area contributed by atoms with Crippen molar-refractivity contribution in [1.29, 1.82) is 0 Å². The maximum Gasteiger partial charge on any atom is 0.0360 e. The monoisotopic (exact) mass is 134 g/mol. The molecule has 0 bridgehead atoms. The third kappa shape index (κ3) is 0.817. The Bertz CT molecular complexity index is 213. The van der Waals surface area contributed by atoms with Crippen LogP contribution in [0.4, 0.5) is 0 Å². The fraction of sp³-hybridized carbons (Fsp3) is 0.250. The molecule has 52 valence electrons. The maximum atomic E-state index is 3.12. The van der Waals surface area contributed by atoms with Crippen LogP contribution in [0.2, 0.25) is 0 Å². The molecule has 0 unspecified atom stereocenters. The van der Waals surface area contributed by atoms with Gasteiger partial charge in [0.25, 0.3) is 0 Å². The highest BCUT2D eigenvalue weighted by atomic mass is 15.5. The van der Waals surface area contributed by atoms with Gasteiger partial charge in [0.05, 0.1) is 0 Å². The van der Waals surface area contributed by atoms with E-state index in [2.05, 4.69) is 11.5 Å². The van der Waals surface area contributed by atoms with Crippen LogP contribution in [0.15, 0.2) is 36.3 Å². The predicted molar refractivity (Wildman–Crippen MR) is 40.6 cm³/mol. The van der Waals surface area contributed by atoms with Crippen molar-refractivity contribution in [1.82, 2.24) is 10.4 Å². The molecule has 0 aromatic carbocycles. The molecule has 0 spiro atoms. The fourth-order valence-corrected chi connectivity index (χ4v) is 1.03. The molecule has 0 atom stereocenters. The van der Waals surface area contributed by atoms with Crippen LogP contribution in [0.3, 0.4) is 0 Å². The molecular weight excluding hydrogens is 124 g/mol. The van der Waals surface area contributed by atoms with E-state index in [0.29, 0.717) is 0 Å². The van der Waals surface area contributed by atoms with Crippen LogP contribution in [0.5, 0.6) is 0 Å². The summed E-state index contributed by atoms with van der Waals surface area (Å²) in [6.45, 7) is 0. The Kier molecular flexibility index (Phi) is 1.24. The van der Waals surface area contributed by atoms with E-state index in [1.54, 1.807) is 0 Å². The molecular formula is C8H10N2. The highest BCUT2D eigenvalue weighted by Gasteiger charge is 2.11. The number of nitrogens with zero attached hydrogens (tertiary/aromatic N) is 1. The molecule has 1 aliphatic heterocycles. The second-order valence-electron chi connectivity index (χ2n) is 2.43. The first kappa shape index (κ1) is 5.59. The van der Waals surface area contributed by atoms with Crippen molar-refractivity contribution < 1.29 is 0 Å². The minimum Gasteiger partial charge on any atom is -0.302 e. The average Bonchev–Trinajstić information content (AvgIpc) is 1.86. The Balaban J connectivity index is 2.06. The third-order valence-electron chi connectivity index (χ3n) is 1.75. The summed E-state index contributed by atoms with van der Waals surface area (Å²) in [4.78, 5) is 0. The smallest absolute Gasteiger partial charge is 0.0360 e. The predicted octanol–water partition coefficient (Wildman–Crippen LogP) is 1.51. The number of nitrogens with one attached hydrogen (secondary N) is 1. The van der Waals surface area contributed by atoms with Crippen molar-refractivity contribution >= 4 is 0 Å². The van der Waals surface area contributed by atoms with Crippen molar-refractivity contribution in [3.8, 4) is 0 Å². The summed E-state index contributed by atoms with van der Waals surface area (Å²) in [5.74, 6) is 0. The van der Waals surface area contributed by atoms with Gasteiger partial charge in [0.2, 0.25) is 0 Å². The van der Waals surface area contributed by atoms with Gasteiger partial charge < -0.3 is 5.43 Å². The van der Waals surface area contributed by atoms with E-state index in [0.717, 1.165) is 0 Å². The Labute approximate surface area is 60.5 Å². The molecule has 2 rings (SSSR count). The number of hydrogen-bond donors (Lipinski definition) is 1.